The molecule has 112 valence electrons. The summed E-state index contributed by atoms with van der Waals surface area (Å²) in [7, 11) is 0. The van der Waals surface area contributed by atoms with Crippen LogP contribution >= 0.6 is 12.2 Å². The first-order chi connectivity index (χ1) is 10.2. The summed E-state index contributed by atoms with van der Waals surface area (Å²) in [5, 5.41) is 3.49. The Hall–Kier alpha value is -2.08. The minimum atomic E-state index is 0.149. The highest BCUT2D eigenvalue weighted by atomic mass is 32.1. The average molecular weight is 305 g/mol. The predicted molar refractivity (Wildman–Crippen MR) is 87.0 cm³/mol. The fourth-order valence-electron chi connectivity index (χ4n) is 1.99. The van der Waals surface area contributed by atoms with Crippen LogP contribution in [0.3, 0.4) is 0 Å². The molecule has 5 nitrogen and oxygen atoms in total. The van der Waals surface area contributed by atoms with Crippen molar-refractivity contribution >= 4 is 28.8 Å². The van der Waals surface area contributed by atoms with Crippen LogP contribution in [-0.4, -0.2) is 17.5 Å². The molecule has 0 unspecified atom stereocenters. The molecule has 0 heterocycles. The van der Waals surface area contributed by atoms with Crippen LogP contribution in [0.25, 0.3) is 0 Å². The summed E-state index contributed by atoms with van der Waals surface area (Å²) < 4.78 is 5.37. The predicted octanol–water partition coefficient (Wildman–Crippen LogP) is 2.51. The van der Waals surface area contributed by atoms with Crippen molar-refractivity contribution in [3.8, 4) is 5.75 Å². The number of carbonyl (C=O) groups is 1. The number of carbonyl (C=O) groups excluding carboxylic acids is 1. The third-order valence-electron chi connectivity index (χ3n) is 2.96. The Morgan fingerprint density at radius 1 is 1.29 bits per heavy atom. The number of ether oxygens (including phenoxy) is 1. The van der Waals surface area contributed by atoms with Gasteiger partial charge in [-0.3, -0.25) is 10.2 Å². The van der Waals surface area contributed by atoms with E-state index in [4.69, 9.17) is 17.0 Å². The second-order valence-electron chi connectivity index (χ2n) is 4.65. The molecule has 0 fully saturated rings. The first-order valence-electron chi connectivity index (χ1n) is 6.96. The van der Waals surface area contributed by atoms with Crippen molar-refractivity contribution < 1.29 is 9.53 Å². The topological polar surface area (TPSA) is 62.4 Å². The Kier molecular flexibility index (Phi) is 5.57. The second-order valence-corrected chi connectivity index (χ2v) is 5.06. The molecule has 6 heteroatoms. The lowest BCUT2D eigenvalue weighted by Gasteiger charge is -2.17. The molecule has 0 saturated heterocycles. The van der Waals surface area contributed by atoms with E-state index in [0.717, 1.165) is 30.0 Å². The van der Waals surface area contributed by atoms with Crippen LogP contribution < -0.4 is 20.9 Å². The molecule has 0 atom stereocenters. The van der Waals surface area contributed by atoms with Crippen molar-refractivity contribution in [1.29, 1.82) is 0 Å². The van der Waals surface area contributed by atoms with Crippen LogP contribution in [0.1, 0.15) is 26.2 Å². The molecule has 0 amide bonds. The normalized spacial score (nSPS) is 14.1. The van der Waals surface area contributed by atoms with Crippen LogP contribution in [-0.2, 0) is 4.79 Å². The number of hydrogen-bond acceptors (Lipinski definition) is 4. The van der Waals surface area contributed by atoms with Gasteiger partial charge in [-0.05, 0) is 56.2 Å². The van der Waals surface area contributed by atoms with Gasteiger partial charge < -0.3 is 15.5 Å². The van der Waals surface area contributed by atoms with Crippen molar-refractivity contribution in [2.45, 2.75) is 26.2 Å². The number of allylic oxidation sites excluding steroid dienone is 2. The van der Waals surface area contributed by atoms with Crippen LogP contribution in [0.5, 0.6) is 5.75 Å². The lowest BCUT2D eigenvalue weighted by Crippen LogP contribution is -2.40. The van der Waals surface area contributed by atoms with Gasteiger partial charge in [0.05, 0.1) is 6.61 Å². The van der Waals surface area contributed by atoms with E-state index in [1.54, 1.807) is 6.08 Å². The van der Waals surface area contributed by atoms with Gasteiger partial charge in [-0.25, -0.2) is 0 Å². The number of benzene rings is 1. The van der Waals surface area contributed by atoms with E-state index in [0.29, 0.717) is 18.1 Å². The number of thiocarbonyl (C=S) groups is 1. The van der Waals surface area contributed by atoms with E-state index < -0.39 is 0 Å². The second kappa shape index (κ2) is 7.64. The lowest BCUT2D eigenvalue weighted by atomic mass is 10.0. The fraction of sp³-hybridized carbons (Fsp3) is 0.333. The monoisotopic (exact) mass is 305 g/mol. The quantitative estimate of drug-likeness (QED) is 0.574. The van der Waals surface area contributed by atoms with Gasteiger partial charge in [0.1, 0.15) is 5.75 Å². The highest BCUT2D eigenvalue weighted by molar-refractivity contribution is 7.80. The summed E-state index contributed by atoms with van der Waals surface area (Å²) in [6, 6.07) is 7.54. The molecular weight excluding hydrogens is 286 g/mol. The molecule has 1 aliphatic carbocycles. The minimum absolute atomic E-state index is 0.149. The molecule has 0 radical (unpaired) electrons. The zero-order chi connectivity index (χ0) is 15.1. The molecule has 0 aromatic heterocycles. The fourth-order valence-corrected chi connectivity index (χ4v) is 2.16. The minimum Gasteiger partial charge on any atom is -0.494 e. The van der Waals surface area contributed by atoms with Crippen molar-refractivity contribution in [2.24, 2.45) is 0 Å². The maximum Gasteiger partial charge on any atom is 0.189 e. The third kappa shape index (κ3) is 5.07. The van der Waals surface area contributed by atoms with Gasteiger partial charge in [-0.15, -0.1) is 0 Å². The molecule has 1 aromatic rings. The Morgan fingerprint density at radius 2 is 2.05 bits per heavy atom. The molecule has 0 bridgehead atoms. The summed E-state index contributed by atoms with van der Waals surface area (Å²) in [6.07, 6.45) is 3.97. The van der Waals surface area contributed by atoms with Gasteiger partial charge in [0.25, 0.3) is 0 Å². The van der Waals surface area contributed by atoms with Gasteiger partial charge in [-0.1, -0.05) is 0 Å². The molecule has 3 N–H and O–H groups in total. The van der Waals surface area contributed by atoms with Crippen LogP contribution in [0.15, 0.2) is 36.0 Å². The lowest BCUT2D eigenvalue weighted by molar-refractivity contribution is -0.115. The standard InChI is InChI=1S/C15H19N3O2S/c1-2-20-14-8-6-11(7-9-14)16-15(21)18-17-12-4-3-5-13(19)10-12/h6-10,17H,2-5H2,1H3,(H2,16,18,21). The smallest absolute Gasteiger partial charge is 0.189 e. The van der Waals surface area contributed by atoms with Gasteiger partial charge in [0.15, 0.2) is 10.9 Å². The Balaban J connectivity index is 1.80. The molecule has 0 spiro atoms. The van der Waals surface area contributed by atoms with Crippen LogP contribution in [0, 0.1) is 0 Å². The van der Waals surface area contributed by atoms with E-state index >= 15 is 0 Å². The molecule has 2 rings (SSSR count). The van der Waals surface area contributed by atoms with Crippen LogP contribution in [0.4, 0.5) is 5.69 Å². The van der Waals surface area contributed by atoms with E-state index in [9.17, 15) is 4.79 Å². The summed E-state index contributed by atoms with van der Waals surface area (Å²) in [5.41, 5.74) is 7.58. The molecule has 1 aliphatic rings. The first-order valence-corrected chi connectivity index (χ1v) is 7.37. The van der Waals surface area contributed by atoms with Crippen molar-refractivity contribution in [2.75, 3.05) is 11.9 Å². The molecule has 0 aliphatic heterocycles. The Morgan fingerprint density at radius 3 is 2.71 bits per heavy atom. The third-order valence-corrected chi connectivity index (χ3v) is 3.17. The first kappa shape index (κ1) is 15.3. The number of rotatable bonds is 5. The molecule has 21 heavy (non-hydrogen) atoms. The van der Waals surface area contributed by atoms with Gasteiger partial charge >= 0.3 is 0 Å². The SMILES string of the molecule is CCOc1ccc(NC(=S)NNC2=CC(=O)CCC2)cc1. The van der Waals surface area contributed by atoms with Crippen molar-refractivity contribution in [3.63, 3.8) is 0 Å². The molecular formula is C15H19N3O2S. The maximum atomic E-state index is 11.3. The molecule has 1 aromatic carbocycles. The maximum absolute atomic E-state index is 11.3. The number of hydrogen-bond donors (Lipinski definition) is 3. The van der Waals surface area contributed by atoms with Gasteiger partial charge in [-0.2, -0.15) is 0 Å². The average Bonchev–Trinajstić information content (AvgIpc) is 2.48. The van der Waals surface area contributed by atoms with Gasteiger partial charge in [0, 0.05) is 23.9 Å². The Labute approximate surface area is 129 Å². The van der Waals surface area contributed by atoms with E-state index in [-0.39, 0.29) is 5.78 Å². The number of nitrogens with one attached hydrogen (secondary N) is 3. The highest BCUT2D eigenvalue weighted by Crippen LogP contribution is 2.15. The summed E-state index contributed by atoms with van der Waals surface area (Å²) in [4.78, 5) is 11.3. The number of hydrazine groups is 1. The molecule has 0 saturated carbocycles. The van der Waals surface area contributed by atoms with Crippen LogP contribution in [0.2, 0.25) is 0 Å². The number of ketones is 1. The zero-order valence-corrected chi connectivity index (χ0v) is 12.8. The zero-order valence-electron chi connectivity index (χ0n) is 11.9. The van der Waals surface area contributed by atoms with Gasteiger partial charge in [0.2, 0.25) is 0 Å². The largest absolute Gasteiger partial charge is 0.494 e. The summed E-state index contributed by atoms with van der Waals surface area (Å²) in [5.74, 6) is 0.974. The summed E-state index contributed by atoms with van der Waals surface area (Å²) >= 11 is 5.19. The van der Waals surface area contributed by atoms with Crippen molar-refractivity contribution in [3.05, 3.63) is 36.0 Å². The number of anilines is 1. The summed E-state index contributed by atoms with van der Waals surface area (Å²) in [6.45, 7) is 2.59. The van der Waals surface area contributed by atoms with Crippen molar-refractivity contribution in [1.82, 2.24) is 10.9 Å². The van der Waals surface area contributed by atoms with E-state index in [1.807, 2.05) is 31.2 Å². The van der Waals surface area contributed by atoms with E-state index in [2.05, 4.69) is 16.2 Å². The highest BCUT2D eigenvalue weighted by Gasteiger charge is 2.09. The Bertz CT molecular complexity index is 540. The van der Waals surface area contributed by atoms with E-state index in [1.165, 1.54) is 0 Å².